The van der Waals surface area contributed by atoms with Crippen molar-refractivity contribution in [2.75, 3.05) is 26.3 Å². The third-order valence-corrected chi connectivity index (χ3v) is 2.22. The minimum absolute atomic E-state index is 0.154. The Kier molecular flexibility index (Phi) is 3.74. The molecule has 86 valence electrons. The van der Waals surface area contributed by atoms with E-state index in [0.717, 1.165) is 13.1 Å². The molecule has 0 aromatic carbocycles. The summed E-state index contributed by atoms with van der Waals surface area (Å²) in [6.45, 7) is 2.75. The van der Waals surface area contributed by atoms with Crippen molar-refractivity contribution in [2.24, 2.45) is 0 Å². The Labute approximate surface area is 93.6 Å². The number of hydrogen-bond acceptors (Lipinski definition) is 4. The first-order valence-electron chi connectivity index (χ1n) is 5.19. The molecule has 0 aliphatic carbocycles. The zero-order valence-electron chi connectivity index (χ0n) is 8.89. The van der Waals surface area contributed by atoms with Gasteiger partial charge in [-0.2, -0.15) is 0 Å². The molecule has 1 aliphatic rings. The minimum atomic E-state index is -0.154. The van der Waals surface area contributed by atoms with E-state index in [1.165, 1.54) is 6.08 Å². The van der Waals surface area contributed by atoms with Crippen LogP contribution < -0.4 is 5.43 Å². The van der Waals surface area contributed by atoms with Crippen molar-refractivity contribution in [3.63, 3.8) is 0 Å². The van der Waals surface area contributed by atoms with Crippen molar-refractivity contribution in [1.82, 2.24) is 10.4 Å². The second-order valence-electron chi connectivity index (χ2n) is 3.42. The van der Waals surface area contributed by atoms with Crippen LogP contribution in [0.15, 0.2) is 28.9 Å². The summed E-state index contributed by atoms with van der Waals surface area (Å²) >= 11 is 0. The number of carbonyl (C=O) groups is 1. The van der Waals surface area contributed by atoms with Crippen molar-refractivity contribution in [2.45, 2.75) is 0 Å². The van der Waals surface area contributed by atoms with E-state index in [1.54, 1.807) is 24.5 Å². The number of nitrogens with one attached hydrogen (secondary N) is 1. The molecule has 5 heteroatoms. The highest BCUT2D eigenvalue weighted by Gasteiger charge is 2.11. The smallest absolute Gasteiger partial charge is 0.258 e. The van der Waals surface area contributed by atoms with E-state index in [9.17, 15) is 4.79 Å². The van der Waals surface area contributed by atoms with Crippen LogP contribution in [-0.2, 0) is 9.53 Å². The maximum atomic E-state index is 11.5. The molecule has 16 heavy (non-hydrogen) atoms. The first-order chi connectivity index (χ1) is 7.84. The molecule has 1 saturated heterocycles. The van der Waals surface area contributed by atoms with E-state index in [4.69, 9.17) is 9.15 Å². The number of nitrogens with zero attached hydrogens (tertiary/aromatic N) is 1. The van der Waals surface area contributed by atoms with Gasteiger partial charge in [0.25, 0.3) is 5.91 Å². The summed E-state index contributed by atoms with van der Waals surface area (Å²) in [5, 5.41) is 1.85. The Bertz CT molecular complexity index is 353. The van der Waals surface area contributed by atoms with Crippen LogP contribution in [0, 0.1) is 0 Å². The molecule has 2 heterocycles. The standard InChI is InChI=1S/C11H14N2O3/c14-11(4-3-10-2-1-7-16-10)12-13-5-8-15-9-6-13/h1-4,7H,5-6,8-9H2,(H,12,14)/b4-3-. The second-order valence-corrected chi connectivity index (χ2v) is 3.42. The van der Waals surface area contributed by atoms with Gasteiger partial charge in [-0.1, -0.05) is 0 Å². The van der Waals surface area contributed by atoms with Crippen molar-refractivity contribution >= 4 is 12.0 Å². The number of hydrogen-bond donors (Lipinski definition) is 1. The maximum Gasteiger partial charge on any atom is 0.258 e. The van der Waals surface area contributed by atoms with Crippen LogP contribution in [0.5, 0.6) is 0 Å². The SMILES string of the molecule is O=C(/C=C\c1ccco1)NN1CCOCC1. The third-order valence-electron chi connectivity index (χ3n) is 2.22. The number of carbonyl (C=O) groups excluding carboxylic acids is 1. The minimum Gasteiger partial charge on any atom is -0.465 e. The highest BCUT2D eigenvalue weighted by Crippen LogP contribution is 2.01. The lowest BCUT2D eigenvalue weighted by Crippen LogP contribution is -2.47. The van der Waals surface area contributed by atoms with Crippen LogP contribution in [0.2, 0.25) is 0 Å². The molecule has 1 aromatic rings. The average molecular weight is 222 g/mol. The van der Waals surface area contributed by atoms with Gasteiger partial charge in [0.15, 0.2) is 0 Å². The molecule has 0 bridgehead atoms. The molecule has 1 fully saturated rings. The van der Waals surface area contributed by atoms with Crippen LogP contribution in [0.1, 0.15) is 5.76 Å². The predicted octanol–water partition coefficient (Wildman–Crippen LogP) is 0.656. The van der Waals surface area contributed by atoms with Gasteiger partial charge in [-0.3, -0.25) is 10.2 Å². The van der Waals surface area contributed by atoms with Gasteiger partial charge in [0, 0.05) is 19.2 Å². The molecule has 0 atom stereocenters. The Hall–Kier alpha value is -1.59. The van der Waals surface area contributed by atoms with Gasteiger partial charge >= 0.3 is 0 Å². The Balaban J connectivity index is 1.79. The summed E-state index contributed by atoms with van der Waals surface area (Å²) in [7, 11) is 0. The lowest BCUT2D eigenvalue weighted by molar-refractivity contribution is -0.123. The van der Waals surface area contributed by atoms with Gasteiger partial charge in [-0.05, 0) is 18.2 Å². The molecular formula is C11H14N2O3. The Morgan fingerprint density at radius 2 is 2.25 bits per heavy atom. The Morgan fingerprint density at radius 1 is 1.44 bits per heavy atom. The zero-order chi connectivity index (χ0) is 11.2. The van der Waals surface area contributed by atoms with Gasteiger partial charge < -0.3 is 9.15 Å². The molecule has 1 N–H and O–H groups in total. The number of furan rings is 1. The summed E-state index contributed by atoms with van der Waals surface area (Å²) in [6.07, 6.45) is 4.66. The summed E-state index contributed by atoms with van der Waals surface area (Å²) in [6, 6.07) is 3.57. The highest BCUT2D eigenvalue weighted by atomic mass is 16.5. The second kappa shape index (κ2) is 5.48. The van der Waals surface area contributed by atoms with Gasteiger partial charge in [-0.15, -0.1) is 0 Å². The summed E-state index contributed by atoms with van der Waals surface area (Å²) < 4.78 is 10.2. The topological polar surface area (TPSA) is 54.7 Å². The molecule has 0 unspecified atom stereocenters. The number of morpholine rings is 1. The zero-order valence-corrected chi connectivity index (χ0v) is 8.89. The lowest BCUT2D eigenvalue weighted by Gasteiger charge is -2.26. The Morgan fingerprint density at radius 3 is 2.94 bits per heavy atom. The fraction of sp³-hybridized carbons (Fsp3) is 0.364. The average Bonchev–Trinajstić information content (AvgIpc) is 2.81. The molecular weight excluding hydrogens is 208 g/mol. The van der Waals surface area contributed by atoms with Crippen LogP contribution >= 0.6 is 0 Å². The van der Waals surface area contributed by atoms with Gasteiger partial charge in [0.1, 0.15) is 5.76 Å². The van der Waals surface area contributed by atoms with Gasteiger partial charge in [0.2, 0.25) is 0 Å². The van der Waals surface area contributed by atoms with Crippen molar-refractivity contribution in [3.05, 3.63) is 30.2 Å². The first kappa shape index (κ1) is 10.9. The summed E-state index contributed by atoms with van der Waals surface area (Å²) in [5.74, 6) is 0.510. The van der Waals surface area contributed by atoms with Crippen LogP contribution in [0.25, 0.3) is 6.08 Å². The quantitative estimate of drug-likeness (QED) is 0.763. The van der Waals surface area contributed by atoms with Crippen molar-refractivity contribution < 1.29 is 13.9 Å². The fourth-order valence-electron chi connectivity index (χ4n) is 1.41. The lowest BCUT2D eigenvalue weighted by atomic mass is 10.4. The number of ether oxygens (including phenoxy) is 1. The maximum absolute atomic E-state index is 11.5. The number of rotatable bonds is 3. The van der Waals surface area contributed by atoms with E-state index < -0.39 is 0 Å². The van der Waals surface area contributed by atoms with E-state index in [2.05, 4.69) is 5.43 Å². The van der Waals surface area contributed by atoms with Crippen LogP contribution in [-0.4, -0.2) is 37.2 Å². The largest absolute Gasteiger partial charge is 0.465 e. The monoisotopic (exact) mass is 222 g/mol. The van der Waals surface area contributed by atoms with E-state index >= 15 is 0 Å². The first-order valence-corrected chi connectivity index (χ1v) is 5.19. The molecule has 1 aromatic heterocycles. The molecule has 1 aliphatic heterocycles. The fourth-order valence-corrected chi connectivity index (χ4v) is 1.41. The number of hydrazine groups is 1. The molecule has 0 saturated carbocycles. The van der Waals surface area contributed by atoms with Crippen molar-refractivity contribution in [1.29, 1.82) is 0 Å². The molecule has 2 rings (SSSR count). The molecule has 5 nitrogen and oxygen atoms in total. The normalized spacial score (nSPS) is 17.8. The van der Waals surface area contributed by atoms with Crippen LogP contribution in [0.4, 0.5) is 0 Å². The molecule has 1 amide bonds. The van der Waals surface area contributed by atoms with E-state index in [-0.39, 0.29) is 5.91 Å². The summed E-state index contributed by atoms with van der Waals surface area (Å²) in [5.41, 5.74) is 2.77. The van der Waals surface area contributed by atoms with E-state index in [1.807, 2.05) is 5.01 Å². The van der Waals surface area contributed by atoms with Crippen LogP contribution in [0.3, 0.4) is 0 Å². The molecule has 0 spiro atoms. The third kappa shape index (κ3) is 3.22. The number of amides is 1. The van der Waals surface area contributed by atoms with Gasteiger partial charge in [-0.25, -0.2) is 5.01 Å². The molecule has 0 radical (unpaired) electrons. The van der Waals surface area contributed by atoms with Gasteiger partial charge in [0.05, 0.1) is 19.5 Å². The summed E-state index contributed by atoms with van der Waals surface area (Å²) in [4.78, 5) is 11.5. The predicted molar refractivity (Wildman–Crippen MR) is 58.3 cm³/mol. The van der Waals surface area contributed by atoms with E-state index in [0.29, 0.717) is 19.0 Å². The highest BCUT2D eigenvalue weighted by molar-refractivity contribution is 5.90. The van der Waals surface area contributed by atoms with Crippen molar-refractivity contribution in [3.8, 4) is 0 Å².